The van der Waals surface area contributed by atoms with Crippen LogP contribution in [0.4, 0.5) is 8.78 Å². The van der Waals surface area contributed by atoms with Gasteiger partial charge in [0.25, 0.3) is 5.91 Å². The quantitative estimate of drug-likeness (QED) is 0.511. The van der Waals surface area contributed by atoms with Gasteiger partial charge in [-0.25, -0.2) is 13.8 Å². The van der Waals surface area contributed by atoms with Crippen molar-refractivity contribution in [2.75, 3.05) is 32.4 Å². The maximum atomic E-state index is 15.7. The molecule has 5 rings (SSSR count). The minimum Gasteiger partial charge on any atom is -0.340 e. The van der Waals surface area contributed by atoms with Gasteiger partial charge in [0.1, 0.15) is 5.52 Å². The molecule has 1 amide bonds. The van der Waals surface area contributed by atoms with Gasteiger partial charge < -0.3 is 9.47 Å². The van der Waals surface area contributed by atoms with Crippen LogP contribution in [0.2, 0.25) is 0 Å². The summed E-state index contributed by atoms with van der Waals surface area (Å²) < 4.78 is 32.1. The molecule has 7 nitrogen and oxygen atoms in total. The molecule has 0 aliphatic carbocycles. The van der Waals surface area contributed by atoms with Gasteiger partial charge in [-0.05, 0) is 42.9 Å². The molecule has 0 atom stereocenters. The molecule has 0 saturated carbocycles. The van der Waals surface area contributed by atoms with Crippen molar-refractivity contribution in [1.29, 1.82) is 0 Å². The number of alkyl halides is 1. The minimum atomic E-state index is -1.81. The standard InChI is InChI=1S/C24H28F2N6OS/c1-34-23-29-21-19(25)3-2-4-20(21)32(23)18-6-11-31(12-7-18)22(33)24(26)8-13-30(14-9-24)16-17-5-10-27-28-15-17/h2-5,10,15,18H,6-9,11-14,16H2,1H3. The highest BCUT2D eigenvalue weighted by Crippen LogP contribution is 2.35. The van der Waals surface area contributed by atoms with Crippen molar-refractivity contribution in [2.24, 2.45) is 0 Å². The fourth-order valence-electron chi connectivity index (χ4n) is 5.12. The van der Waals surface area contributed by atoms with Gasteiger partial charge in [-0.3, -0.25) is 9.69 Å². The van der Waals surface area contributed by atoms with Gasteiger partial charge in [0.2, 0.25) is 0 Å². The molecule has 34 heavy (non-hydrogen) atoms. The third-order valence-electron chi connectivity index (χ3n) is 7.02. The van der Waals surface area contributed by atoms with Crippen LogP contribution in [0.15, 0.2) is 41.8 Å². The van der Waals surface area contributed by atoms with E-state index in [2.05, 4.69) is 24.6 Å². The van der Waals surface area contributed by atoms with Crippen molar-refractivity contribution >= 4 is 28.7 Å². The Morgan fingerprint density at radius 3 is 2.59 bits per heavy atom. The third kappa shape index (κ3) is 4.40. The number of imidazole rings is 1. The zero-order chi connectivity index (χ0) is 23.7. The van der Waals surface area contributed by atoms with Crippen LogP contribution in [-0.4, -0.2) is 73.6 Å². The van der Waals surface area contributed by atoms with E-state index in [-0.39, 0.29) is 30.6 Å². The Bertz CT molecular complexity index is 1160. The number of amides is 1. The molecule has 3 aromatic rings. The largest absolute Gasteiger partial charge is 0.340 e. The molecule has 0 radical (unpaired) electrons. The Balaban J connectivity index is 1.21. The molecule has 2 aliphatic heterocycles. The maximum Gasteiger partial charge on any atom is 0.260 e. The number of benzene rings is 1. The molecule has 4 heterocycles. The summed E-state index contributed by atoms with van der Waals surface area (Å²) >= 11 is 1.49. The van der Waals surface area contributed by atoms with Crippen LogP contribution in [0, 0.1) is 5.82 Å². The second kappa shape index (κ2) is 9.58. The maximum absolute atomic E-state index is 15.7. The molecule has 0 N–H and O–H groups in total. The number of likely N-dealkylation sites (tertiary alicyclic amines) is 2. The lowest BCUT2D eigenvalue weighted by Crippen LogP contribution is -2.53. The zero-order valence-corrected chi connectivity index (χ0v) is 20.0. The average Bonchev–Trinajstić information content (AvgIpc) is 3.26. The normalized spacial score (nSPS) is 19.6. The van der Waals surface area contributed by atoms with Crippen molar-refractivity contribution in [1.82, 2.24) is 29.5 Å². The van der Waals surface area contributed by atoms with Crippen LogP contribution in [-0.2, 0) is 11.3 Å². The van der Waals surface area contributed by atoms with Crippen LogP contribution in [0.3, 0.4) is 0 Å². The Kier molecular flexibility index (Phi) is 6.52. The van der Waals surface area contributed by atoms with Gasteiger partial charge in [0.05, 0.1) is 11.7 Å². The number of hydrogen-bond acceptors (Lipinski definition) is 6. The summed E-state index contributed by atoms with van der Waals surface area (Å²) in [5, 5.41) is 8.44. The predicted octanol–water partition coefficient (Wildman–Crippen LogP) is 3.86. The van der Waals surface area contributed by atoms with Crippen molar-refractivity contribution in [3.63, 3.8) is 0 Å². The Hall–Kier alpha value is -2.59. The van der Waals surface area contributed by atoms with E-state index in [0.29, 0.717) is 51.1 Å². The van der Waals surface area contributed by atoms with Crippen LogP contribution < -0.4 is 0 Å². The number of rotatable bonds is 5. The zero-order valence-electron chi connectivity index (χ0n) is 19.2. The molecule has 0 unspecified atom stereocenters. The SMILES string of the molecule is CSc1nc2c(F)cccc2n1C1CCN(C(=O)C2(F)CCN(Cc3ccnnc3)CC2)CC1. The molecular formula is C24H28F2N6OS. The van der Waals surface area contributed by atoms with Crippen molar-refractivity contribution in [3.8, 4) is 0 Å². The average molecular weight is 487 g/mol. The van der Waals surface area contributed by atoms with Crippen LogP contribution in [0.1, 0.15) is 37.3 Å². The first-order valence-corrected chi connectivity index (χ1v) is 12.9. The Morgan fingerprint density at radius 2 is 1.91 bits per heavy atom. The number of piperidine rings is 2. The van der Waals surface area contributed by atoms with E-state index in [1.54, 1.807) is 23.4 Å². The highest BCUT2D eigenvalue weighted by atomic mass is 32.2. The Labute approximate surface area is 201 Å². The summed E-state index contributed by atoms with van der Waals surface area (Å²) in [7, 11) is 0. The van der Waals surface area contributed by atoms with E-state index in [1.165, 1.54) is 17.8 Å². The summed E-state index contributed by atoms with van der Waals surface area (Å²) in [5.74, 6) is -0.715. The van der Waals surface area contributed by atoms with E-state index in [9.17, 15) is 9.18 Å². The minimum absolute atomic E-state index is 0.102. The van der Waals surface area contributed by atoms with Gasteiger partial charge in [-0.15, -0.1) is 0 Å². The van der Waals surface area contributed by atoms with Crippen LogP contribution in [0.25, 0.3) is 11.0 Å². The van der Waals surface area contributed by atoms with Gasteiger partial charge in [0.15, 0.2) is 16.6 Å². The van der Waals surface area contributed by atoms with Crippen LogP contribution in [0.5, 0.6) is 0 Å². The number of thioether (sulfide) groups is 1. The number of hydrogen-bond donors (Lipinski definition) is 0. The molecular weight excluding hydrogens is 458 g/mol. The molecule has 2 aromatic heterocycles. The molecule has 2 aliphatic rings. The number of para-hydroxylation sites is 1. The molecule has 1 aromatic carbocycles. The van der Waals surface area contributed by atoms with Crippen molar-refractivity contribution in [2.45, 2.75) is 49.1 Å². The smallest absolute Gasteiger partial charge is 0.260 e. The number of carbonyl (C=O) groups excluding carboxylic acids is 1. The van der Waals surface area contributed by atoms with Crippen molar-refractivity contribution < 1.29 is 13.6 Å². The van der Waals surface area contributed by atoms with Gasteiger partial charge in [-0.1, -0.05) is 17.8 Å². The molecule has 0 spiro atoms. The first-order valence-electron chi connectivity index (χ1n) is 11.7. The van der Waals surface area contributed by atoms with E-state index < -0.39 is 5.67 Å². The van der Waals surface area contributed by atoms with E-state index >= 15 is 4.39 Å². The van der Waals surface area contributed by atoms with E-state index in [1.807, 2.05) is 18.4 Å². The summed E-state index contributed by atoms with van der Waals surface area (Å²) in [4.78, 5) is 21.5. The molecule has 180 valence electrons. The van der Waals surface area contributed by atoms with E-state index in [4.69, 9.17) is 0 Å². The first kappa shape index (κ1) is 23.2. The summed E-state index contributed by atoms with van der Waals surface area (Å²) in [6.45, 7) is 2.73. The Morgan fingerprint density at radius 1 is 1.15 bits per heavy atom. The third-order valence-corrected chi connectivity index (χ3v) is 7.67. The van der Waals surface area contributed by atoms with Gasteiger partial charge in [-0.2, -0.15) is 10.2 Å². The fourth-order valence-corrected chi connectivity index (χ4v) is 5.74. The number of carbonyl (C=O) groups is 1. The van der Waals surface area contributed by atoms with Crippen LogP contribution >= 0.6 is 11.8 Å². The highest BCUT2D eigenvalue weighted by Gasteiger charge is 2.45. The predicted molar refractivity (Wildman–Crippen MR) is 127 cm³/mol. The summed E-state index contributed by atoms with van der Waals surface area (Å²) in [6, 6.07) is 7.01. The van der Waals surface area contributed by atoms with Crippen molar-refractivity contribution in [3.05, 3.63) is 48.0 Å². The lowest BCUT2D eigenvalue weighted by atomic mass is 9.90. The topological polar surface area (TPSA) is 67.2 Å². The molecule has 2 fully saturated rings. The number of nitrogens with zero attached hydrogens (tertiary/aromatic N) is 6. The van der Waals surface area contributed by atoms with E-state index in [0.717, 1.165) is 16.2 Å². The lowest BCUT2D eigenvalue weighted by molar-refractivity contribution is -0.149. The summed E-state index contributed by atoms with van der Waals surface area (Å²) in [5.41, 5.74) is 0.372. The fraction of sp³-hybridized carbons (Fsp3) is 0.500. The molecule has 2 saturated heterocycles. The monoisotopic (exact) mass is 486 g/mol. The number of aromatic nitrogens is 4. The first-order chi connectivity index (χ1) is 16.5. The lowest BCUT2D eigenvalue weighted by Gasteiger charge is -2.40. The van der Waals surface area contributed by atoms with Gasteiger partial charge in [0, 0.05) is 57.8 Å². The summed E-state index contributed by atoms with van der Waals surface area (Å²) in [6.07, 6.45) is 7.08. The number of fused-ring (bicyclic) bond motifs is 1. The second-order valence-electron chi connectivity index (χ2n) is 9.09. The second-order valence-corrected chi connectivity index (χ2v) is 9.86. The molecule has 10 heteroatoms. The molecule has 0 bridgehead atoms. The number of halogens is 2. The highest BCUT2D eigenvalue weighted by molar-refractivity contribution is 7.98. The van der Waals surface area contributed by atoms with Gasteiger partial charge >= 0.3 is 0 Å².